The molecule has 1 aromatic heterocycles. The van der Waals surface area contributed by atoms with E-state index in [-0.39, 0.29) is 24.9 Å². The largest absolute Gasteiger partial charge is 0.358 e. The maximum atomic E-state index is 11.6. The van der Waals surface area contributed by atoms with Gasteiger partial charge in [-0.1, -0.05) is 23.7 Å². The van der Waals surface area contributed by atoms with Gasteiger partial charge < -0.3 is 10.6 Å². The molecule has 2 aromatic rings. The minimum atomic E-state index is -0.387. The number of likely N-dealkylation sites (N-methyl/N-ethyl adjacent to an activating group) is 1. The highest BCUT2D eigenvalue weighted by molar-refractivity contribution is 6.33. The molecule has 21 heavy (non-hydrogen) atoms. The molecule has 0 saturated heterocycles. The molecule has 2 N–H and O–H groups in total. The predicted octanol–water partition coefficient (Wildman–Crippen LogP) is -0.144. The van der Waals surface area contributed by atoms with Gasteiger partial charge in [0.05, 0.1) is 11.6 Å². The zero-order chi connectivity index (χ0) is 15.2. The van der Waals surface area contributed by atoms with Crippen molar-refractivity contribution in [3.8, 4) is 11.4 Å². The Balaban J connectivity index is 1.99. The lowest BCUT2D eigenvalue weighted by Crippen LogP contribution is -2.37. The van der Waals surface area contributed by atoms with Gasteiger partial charge in [-0.05, 0) is 17.3 Å². The molecule has 8 nitrogen and oxygen atoms in total. The van der Waals surface area contributed by atoms with Crippen molar-refractivity contribution in [1.29, 1.82) is 0 Å². The molecule has 2 rings (SSSR count). The second-order valence-electron chi connectivity index (χ2n) is 4.07. The van der Waals surface area contributed by atoms with Gasteiger partial charge in [-0.2, -0.15) is 4.80 Å². The van der Waals surface area contributed by atoms with Crippen LogP contribution in [0.25, 0.3) is 11.4 Å². The van der Waals surface area contributed by atoms with Crippen LogP contribution in [-0.4, -0.2) is 45.6 Å². The summed E-state index contributed by atoms with van der Waals surface area (Å²) in [4.78, 5) is 23.7. The van der Waals surface area contributed by atoms with Crippen LogP contribution in [0.5, 0.6) is 0 Å². The molecule has 1 aromatic carbocycles. The summed E-state index contributed by atoms with van der Waals surface area (Å²) in [7, 11) is 1.49. The Morgan fingerprint density at radius 1 is 1.29 bits per heavy atom. The first kappa shape index (κ1) is 14.9. The molecule has 0 atom stereocenters. The second kappa shape index (κ2) is 6.80. The van der Waals surface area contributed by atoms with Crippen LogP contribution < -0.4 is 10.6 Å². The molecule has 0 aliphatic carbocycles. The van der Waals surface area contributed by atoms with E-state index in [9.17, 15) is 9.59 Å². The second-order valence-corrected chi connectivity index (χ2v) is 4.48. The van der Waals surface area contributed by atoms with Crippen molar-refractivity contribution >= 4 is 23.4 Å². The third kappa shape index (κ3) is 3.99. The van der Waals surface area contributed by atoms with E-state index in [1.54, 1.807) is 24.3 Å². The fourth-order valence-electron chi connectivity index (χ4n) is 1.51. The first-order valence-corrected chi connectivity index (χ1v) is 6.48. The summed E-state index contributed by atoms with van der Waals surface area (Å²) >= 11 is 6.03. The van der Waals surface area contributed by atoms with E-state index in [0.29, 0.717) is 16.4 Å². The number of carbonyl (C=O) groups is 2. The lowest BCUT2D eigenvalue weighted by atomic mass is 10.2. The molecule has 1 heterocycles. The summed E-state index contributed by atoms with van der Waals surface area (Å²) in [5.41, 5.74) is 0.635. The van der Waals surface area contributed by atoms with E-state index in [1.807, 2.05) is 0 Å². The predicted molar refractivity (Wildman–Crippen MR) is 75.3 cm³/mol. The number of nitrogens with zero attached hydrogens (tertiary/aromatic N) is 4. The molecule has 0 saturated carbocycles. The van der Waals surface area contributed by atoms with Crippen LogP contribution >= 0.6 is 11.6 Å². The Kier molecular flexibility index (Phi) is 4.83. The maximum Gasteiger partial charge on any atom is 0.244 e. The summed E-state index contributed by atoms with van der Waals surface area (Å²) in [5, 5.41) is 17.0. The lowest BCUT2D eigenvalue weighted by molar-refractivity contribution is -0.126. The molecule has 9 heteroatoms. The number of hydrogen-bond donors (Lipinski definition) is 2. The van der Waals surface area contributed by atoms with Crippen LogP contribution in [0.3, 0.4) is 0 Å². The Labute approximate surface area is 125 Å². The van der Waals surface area contributed by atoms with Gasteiger partial charge in [-0.3, -0.25) is 9.59 Å². The molecule has 0 unspecified atom stereocenters. The Morgan fingerprint density at radius 2 is 2.05 bits per heavy atom. The standard InChI is InChI=1S/C12H13ClN6O2/c1-14-10(20)6-15-11(21)7-19-17-12(16-18-19)8-4-2-3-5-9(8)13/h2-5H,6-7H2,1H3,(H,14,20)(H,15,21). The van der Waals surface area contributed by atoms with E-state index in [4.69, 9.17) is 11.6 Å². The monoisotopic (exact) mass is 308 g/mol. The number of aromatic nitrogens is 4. The number of benzene rings is 1. The number of hydrogen-bond acceptors (Lipinski definition) is 5. The molecule has 2 amide bonds. The Morgan fingerprint density at radius 3 is 2.76 bits per heavy atom. The third-order valence-electron chi connectivity index (χ3n) is 2.58. The quantitative estimate of drug-likeness (QED) is 0.800. The van der Waals surface area contributed by atoms with E-state index >= 15 is 0 Å². The molecule has 0 radical (unpaired) electrons. The van der Waals surface area contributed by atoms with E-state index in [2.05, 4.69) is 26.0 Å². The van der Waals surface area contributed by atoms with Crippen LogP contribution in [0, 0.1) is 0 Å². The Hall–Kier alpha value is -2.48. The van der Waals surface area contributed by atoms with Crippen LogP contribution in [0.2, 0.25) is 5.02 Å². The zero-order valence-electron chi connectivity index (χ0n) is 11.2. The topological polar surface area (TPSA) is 102 Å². The average Bonchev–Trinajstić information content (AvgIpc) is 2.93. The summed E-state index contributed by atoms with van der Waals surface area (Å²) in [5.74, 6) is -0.340. The van der Waals surface area contributed by atoms with Crippen molar-refractivity contribution in [2.75, 3.05) is 13.6 Å². The van der Waals surface area contributed by atoms with Gasteiger partial charge in [0.2, 0.25) is 17.6 Å². The summed E-state index contributed by atoms with van der Waals surface area (Å²) in [6.07, 6.45) is 0. The number of rotatable bonds is 5. The number of carbonyl (C=O) groups excluding carboxylic acids is 2. The van der Waals surface area contributed by atoms with Gasteiger partial charge in [0.25, 0.3) is 0 Å². The highest BCUT2D eigenvalue weighted by Gasteiger charge is 2.11. The zero-order valence-corrected chi connectivity index (χ0v) is 12.0. The van der Waals surface area contributed by atoms with Crippen LogP contribution in [0.15, 0.2) is 24.3 Å². The highest BCUT2D eigenvalue weighted by Crippen LogP contribution is 2.23. The van der Waals surface area contributed by atoms with Gasteiger partial charge in [0.15, 0.2) is 0 Å². The third-order valence-corrected chi connectivity index (χ3v) is 2.91. The summed E-state index contributed by atoms with van der Waals surface area (Å²) in [6, 6.07) is 7.07. The van der Waals surface area contributed by atoms with Gasteiger partial charge in [-0.15, -0.1) is 10.2 Å². The van der Waals surface area contributed by atoms with Crippen LogP contribution in [0.1, 0.15) is 0 Å². The first-order valence-electron chi connectivity index (χ1n) is 6.10. The van der Waals surface area contributed by atoms with Crippen molar-refractivity contribution in [1.82, 2.24) is 30.8 Å². The van der Waals surface area contributed by atoms with Gasteiger partial charge >= 0.3 is 0 Å². The number of halogens is 1. The number of amides is 2. The molecule has 0 spiro atoms. The number of nitrogens with one attached hydrogen (secondary N) is 2. The van der Waals surface area contributed by atoms with Gasteiger partial charge in [0, 0.05) is 12.6 Å². The molecule has 0 bridgehead atoms. The lowest BCUT2D eigenvalue weighted by Gasteiger charge is -2.02. The van der Waals surface area contributed by atoms with Crippen molar-refractivity contribution in [2.24, 2.45) is 0 Å². The van der Waals surface area contributed by atoms with Crippen LogP contribution in [0.4, 0.5) is 0 Å². The van der Waals surface area contributed by atoms with Crippen molar-refractivity contribution in [2.45, 2.75) is 6.54 Å². The first-order chi connectivity index (χ1) is 10.1. The normalized spacial score (nSPS) is 10.2. The minimum Gasteiger partial charge on any atom is -0.358 e. The van der Waals surface area contributed by atoms with Gasteiger partial charge in [0.1, 0.15) is 6.54 Å². The summed E-state index contributed by atoms with van der Waals surface area (Å²) in [6.45, 7) is -0.226. The Bertz CT molecular complexity index is 657. The molecular weight excluding hydrogens is 296 g/mol. The van der Waals surface area contributed by atoms with Crippen molar-refractivity contribution in [3.63, 3.8) is 0 Å². The summed E-state index contributed by atoms with van der Waals surface area (Å²) < 4.78 is 0. The molecule has 0 aliphatic heterocycles. The van der Waals surface area contributed by atoms with Gasteiger partial charge in [-0.25, -0.2) is 0 Å². The van der Waals surface area contributed by atoms with Crippen molar-refractivity contribution in [3.05, 3.63) is 29.3 Å². The molecule has 0 fully saturated rings. The number of tetrazole rings is 1. The molecule has 110 valence electrons. The highest BCUT2D eigenvalue weighted by atomic mass is 35.5. The van der Waals surface area contributed by atoms with E-state index < -0.39 is 0 Å². The van der Waals surface area contributed by atoms with Crippen molar-refractivity contribution < 1.29 is 9.59 Å². The fraction of sp³-hybridized carbons (Fsp3) is 0.250. The van der Waals surface area contributed by atoms with E-state index in [1.165, 1.54) is 7.05 Å². The minimum absolute atomic E-state index is 0.0958. The van der Waals surface area contributed by atoms with Crippen LogP contribution in [-0.2, 0) is 16.1 Å². The SMILES string of the molecule is CNC(=O)CNC(=O)Cn1nnc(-c2ccccc2Cl)n1. The van der Waals surface area contributed by atoms with E-state index in [0.717, 1.165) is 4.80 Å². The maximum absolute atomic E-state index is 11.6. The molecule has 0 aliphatic rings. The molecular formula is C12H13ClN6O2. The fourth-order valence-corrected chi connectivity index (χ4v) is 1.73. The smallest absolute Gasteiger partial charge is 0.244 e. The average molecular weight is 309 g/mol.